The van der Waals surface area contributed by atoms with E-state index in [9.17, 15) is 4.57 Å². The lowest BCUT2D eigenvalue weighted by Gasteiger charge is -2.24. The topological polar surface area (TPSA) is 79.2 Å². The van der Waals surface area contributed by atoms with Crippen LogP contribution in [0.2, 0.25) is 0 Å². The van der Waals surface area contributed by atoms with Crippen molar-refractivity contribution in [1.82, 2.24) is 4.67 Å². The monoisotopic (exact) mass is 199 g/mol. The largest absolute Gasteiger partial charge is 0.411 e. The molecule has 0 fully saturated rings. The van der Waals surface area contributed by atoms with Crippen LogP contribution in [0.1, 0.15) is 6.92 Å². The molecule has 0 aliphatic carbocycles. The van der Waals surface area contributed by atoms with Gasteiger partial charge < -0.3 is 10.2 Å². The number of nitrogens with zero attached hydrogens (tertiary/aromatic N) is 1. The summed E-state index contributed by atoms with van der Waals surface area (Å²) in [5, 5.41) is 17.3. The lowest BCUT2D eigenvalue weighted by Crippen LogP contribution is -2.24. The predicted molar refractivity (Wildman–Crippen MR) is 42.3 cm³/mol. The van der Waals surface area contributed by atoms with E-state index in [-0.39, 0.29) is 6.61 Å². The van der Waals surface area contributed by atoms with Crippen LogP contribution >= 0.6 is 7.75 Å². The van der Waals surface area contributed by atoms with Crippen molar-refractivity contribution >= 4 is 7.75 Å². The number of rotatable bonds is 6. The molecule has 74 valence electrons. The Labute approximate surface area is 71.3 Å². The fourth-order valence-electron chi connectivity index (χ4n) is 0.613. The average molecular weight is 199 g/mol. The van der Waals surface area contributed by atoms with Gasteiger partial charge in [0.15, 0.2) is 0 Å². The number of aliphatic hydroxyl groups excluding tert-OH is 2. The van der Waals surface area contributed by atoms with Gasteiger partial charge in [-0.25, -0.2) is 4.57 Å². The highest BCUT2D eigenvalue weighted by Gasteiger charge is 2.30. The number of aliphatic hydroxyl groups is 2. The molecule has 0 spiro atoms. The number of hydrogen-bond donors (Lipinski definition) is 2. The van der Waals surface area contributed by atoms with E-state index in [0.717, 1.165) is 4.67 Å². The van der Waals surface area contributed by atoms with E-state index >= 15 is 0 Å². The standard InChI is InChI=1S/C5H14NO5P/c1-3-11-12(9,10-2)6(4-7)5-8/h7-8H,3-5H2,1-2H3. The highest BCUT2D eigenvalue weighted by atomic mass is 31.2. The first kappa shape index (κ1) is 12.0. The summed E-state index contributed by atoms with van der Waals surface area (Å²) in [6, 6.07) is 0. The van der Waals surface area contributed by atoms with Crippen LogP contribution in [0, 0.1) is 0 Å². The average Bonchev–Trinajstić information content (AvgIpc) is 2.07. The Morgan fingerprint density at radius 3 is 2.17 bits per heavy atom. The van der Waals surface area contributed by atoms with Gasteiger partial charge in [-0.05, 0) is 6.92 Å². The molecule has 0 heterocycles. The van der Waals surface area contributed by atoms with Crippen molar-refractivity contribution in [1.29, 1.82) is 0 Å². The van der Waals surface area contributed by atoms with E-state index in [0.29, 0.717) is 0 Å². The summed E-state index contributed by atoms with van der Waals surface area (Å²) in [4.78, 5) is 0. The maximum Gasteiger partial charge on any atom is 0.411 e. The van der Waals surface area contributed by atoms with Crippen LogP contribution in [0.4, 0.5) is 0 Å². The normalized spacial score (nSPS) is 16.4. The Hall–Kier alpha value is 0.0300. The Balaban J connectivity index is 4.36. The van der Waals surface area contributed by atoms with Gasteiger partial charge in [-0.15, -0.1) is 0 Å². The highest BCUT2D eigenvalue weighted by molar-refractivity contribution is 7.51. The van der Waals surface area contributed by atoms with Gasteiger partial charge in [0.05, 0.1) is 6.61 Å². The highest BCUT2D eigenvalue weighted by Crippen LogP contribution is 2.50. The zero-order valence-corrected chi connectivity index (χ0v) is 8.03. The first-order valence-corrected chi connectivity index (χ1v) is 4.91. The summed E-state index contributed by atoms with van der Waals surface area (Å²) in [7, 11) is -2.29. The summed E-state index contributed by atoms with van der Waals surface area (Å²) in [5.41, 5.74) is 0. The van der Waals surface area contributed by atoms with E-state index in [1.54, 1.807) is 6.92 Å². The molecule has 0 amide bonds. The molecule has 2 N–H and O–H groups in total. The lowest BCUT2D eigenvalue weighted by atomic mass is 10.9. The predicted octanol–water partition coefficient (Wildman–Crippen LogP) is -0.0210. The molecular weight excluding hydrogens is 185 g/mol. The van der Waals surface area contributed by atoms with E-state index in [1.165, 1.54) is 7.11 Å². The lowest BCUT2D eigenvalue weighted by molar-refractivity contribution is 0.0576. The van der Waals surface area contributed by atoms with E-state index < -0.39 is 21.2 Å². The second kappa shape index (κ2) is 5.64. The molecular formula is C5H14NO5P. The van der Waals surface area contributed by atoms with Gasteiger partial charge in [-0.1, -0.05) is 0 Å². The minimum atomic E-state index is -3.48. The van der Waals surface area contributed by atoms with Gasteiger partial charge in [0.1, 0.15) is 13.5 Å². The zero-order chi connectivity index (χ0) is 9.61. The van der Waals surface area contributed by atoms with Crippen molar-refractivity contribution in [3.63, 3.8) is 0 Å². The molecule has 1 atom stereocenters. The minimum Gasteiger partial charge on any atom is -0.380 e. The van der Waals surface area contributed by atoms with Gasteiger partial charge in [-0.2, -0.15) is 4.67 Å². The summed E-state index contributed by atoms with van der Waals surface area (Å²) in [6.07, 6.45) is 0. The number of hydrogen-bond acceptors (Lipinski definition) is 5. The summed E-state index contributed by atoms with van der Waals surface area (Å²) in [6.45, 7) is 0.656. The molecule has 0 radical (unpaired) electrons. The molecule has 6 nitrogen and oxygen atoms in total. The van der Waals surface area contributed by atoms with Crippen molar-refractivity contribution < 1.29 is 23.8 Å². The maximum atomic E-state index is 11.5. The fourth-order valence-corrected chi connectivity index (χ4v) is 1.75. The van der Waals surface area contributed by atoms with Crippen molar-refractivity contribution in [2.45, 2.75) is 6.92 Å². The van der Waals surface area contributed by atoms with Crippen LogP contribution in [0.3, 0.4) is 0 Å². The van der Waals surface area contributed by atoms with E-state index in [2.05, 4.69) is 4.52 Å². The third kappa shape index (κ3) is 2.82. The summed E-state index contributed by atoms with van der Waals surface area (Å²) >= 11 is 0. The van der Waals surface area contributed by atoms with Crippen LogP contribution in [0.25, 0.3) is 0 Å². The maximum absolute atomic E-state index is 11.5. The van der Waals surface area contributed by atoms with Gasteiger partial charge in [0, 0.05) is 7.11 Å². The van der Waals surface area contributed by atoms with Crippen molar-refractivity contribution in [3.8, 4) is 0 Å². The van der Waals surface area contributed by atoms with Crippen molar-refractivity contribution in [2.75, 3.05) is 27.2 Å². The van der Waals surface area contributed by atoms with Gasteiger partial charge in [-0.3, -0.25) is 9.05 Å². The molecule has 0 saturated heterocycles. The molecule has 1 unspecified atom stereocenters. The molecule has 0 aromatic rings. The molecule has 0 bridgehead atoms. The quantitative estimate of drug-likeness (QED) is 0.462. The first-order valence-electron chi connectivity index (χ1n) is 3.42. The SMILES string of the molecule is CCOP(=O)(OC)N(CO)CO. The van der Waals surface area contributed by atoms with Crippen molar-refractivity contribution in [2.24, 2.45) is 0 Å². The molecule has 0 aliphatic rings. The first-order chi connectivity index (χ1) is 5.64. The van der Waals surface area contributed by atoms with E-state index in [1.807, 2.05) is 0 Å². The summed E-state index contributed by atoms with van der Waals surface area (Å²) in [5.74, 6) is 0. The second-order valence-electron chi connectivity index (χ2n) is 1.86. The van der Waals surface area contributed by atoms with Crippen LogP contribution in [0.5, 0.6) is 0 Å². The minimum absolute atomic E-state index is 0.182. The zero-order valence-electron chi connectivity index (χ0n) is 7.13. The Bertz CT molecular complexity index is 160. The van der Waals surface area contributed by atoms with Crippen LogP contribution < -0.4 is 0 Å². The molecule has 7 heteroatoms. The molecule has 0 aliphatic heterocycles. The Morgan fingerprint density at radius 1 is 1.42 bits per heavy atom. The van der Waals surface area contributed by atoms with Gasteiger partial charge in [0.2, 0.25) is 0 Å². The molecule has 12 heavy (non-hydrogen) atoms. The van der Waals surface area contributed by atoms with Crippen LogP contribution in [0.15, 0.2) is 0 Å². The molecule has 0 aromatic carbocycles. The van der Waals surface area contributed by atoms with Crippen LogP contribution in [-0.2, 0) is 13.6 Å². The van der Waals surface area contributed by atoms with Gasteiger partial charge in [0.25, 0.3) is 0 Å². The summed E-state index contributed by atoms with van der Waals surface area (Å²) < 4.78 is 21.6. The third-order valence-electron chi connectivity index (χ3n) is 1.20. The van der Waals surface area contributed by atoms with Crippen molar-refractivity contribution in [3.05, 3.63) is 0 Å². The Kier molecular flexibility index (Phi) is 5.65. The Morgan fingerprint density at radius 2 is 1.92 bits per heavy atom. The van der Waals surface area contributed by atoms with E-state index in [4.69, 9.17) is 14.7 Å². The van der Waals surface area contributed by atoms with Crippen LogP contribution in [-0.4, -0.2) is 42.1 Å². The molecule has 0 saturated carbocycles. The molecule has 0 aromatic heterocycles. The smallest absolute Gasteiger partial charge is 0.380 e. The second-order valence-corrected chi connectivity index (χ2v) is 3.98. The molecule has 0 rings (SSSR count). The fraction of sp³-hybridized carbons (Fsp3) is 1.00. The third-order valence-corrected chi connectivity index (χ3v) is 3.19. The van der Waals surface area contributed by atoms with Gasteiger partial charge >= 0.3 is 7.75 Å².